The number of nitrogens with zero attached hydrogens (tertiary/aromatic N) is 5. The van der Waals surface area contributed by atoms with E-state index in [2.05, 4.69) is 53.2 Å². The van der Waals surface area contributed by atoms with Crippen LogP contribution in [-0.4, -0.2) is 50.9 Å². The van der Waals surface area contributed by atoms with E-state index < -0.39 is 0 Å². The number of likely N-dealkylation sites (tertiary alicyclic amines) is 1. The smallest absolute Gasteiger partial charge is 0.256 e. The van der Waals surface area contributed by atoms with E-state index in [-0.39, 0.29) is 11.9 Å². The molecule has 0 aliphatic carbocycles. The molecule has 1 unspecified atom stereocenters. The number of hydrogen-bond donors (Lipinski definition) is 0. The topological polar surface area (TPSA) is 54.3 Å². The quantitative estimate of drug-likeness (QED) is 0.699. The van der Waals surface area contributed by atoms with Gasteiger partial charge in [0.1, 0.15) is 5.52 Å². The number of rotatable bonds is 4. The summed E-state index contributed by atoms with van der Waals surface area (Å²) < 4.78 is 1.86. The normalized spacial score (nSPS) is 17.4. The Morgan fingerprint density at radius 3 is 2.71 bits per heavy atom. The molecule has 1 aliphatic heterocycles. The Hall–Kier alpha value is -2.73. The van der Waals surface area contributed by atoms with Crippen molar-refractivity contribution in [3.63, 3.8) is 0 Å². The van der Waals surface area contributed by atoms with E-state index in [0.29, 0.717) is 5.56 Å². The molecule has 28 heavy (non-hydrogen) atoms. The van der Waals surface area contributed by atoms with Gasteiger partial charge in [0.25, 0.3) is 5.91 Å². The van der Waals surface area contributed by atoms with E-state index in [0.717, 1.165) is 43.5 Å². The largest absolute Gasteiger partial charge is 0.332 e. The van der Waals surface area contributed by atoms with Gasteiger partial charge in [0.05, 0.1) is 17.9 Å². The van der Waals surface area contributed by atoms with Crippen LogP contribution in [0, 0.1) is 0 Å². The summed E-state index contributed by atoms with van der Waals surface area (Å²) >= 11 is 0. The monoisotopic (exact) mass is 377 g/mol. The molecule has 2 aromatic heterocycles. The average molecular weight is 377 g/mol. The molecule has 1 saturated heterocycles. The van der Waals surface area contributed by atoms with Crippen molar-refractivity contribution in [2.45, 2.75) is 31.8 Å². The van der Waals surface area contributed by atoms with Crippen LogP contribution in [0.1, 0.15) is 46.8 Å². The molecule has 1 aromatic carbocycles. The molecule has 146 valence electrons. The molecule has 1 amide bonds. The maximum absolute atomic E-state index is 13.3. The molecule has 0 saturated carbocycles. The molecule has 6 nitrogen and oxygen atoms in total. The predicted molar refractivity (Wildman–Crippen MR) is 110 cm³/mol. The minimum Gasteiger partial charge on any atom is -0.332 e. The Bertz CT molecular complexity index is 976. The fourth-order valence-corrected chi connectivity index (χ4v) is 4.03. The zero-order chi connectivity index (χ0) is 19.7. The third-order valence-electron chi connectivity index (χ3n) is 5.43. The number of fused-ring (bicyclic) bond motifs is 1. The number of carbonyl (C=O) groups is 1. The summed E-state index contributed by atoms with van der Waals surface area (Å²) in [6, 6.07) is 10.7. The molecule has 3 heterocycles. The lowest BCUT2D eigenvalue weighted by Gasteiger charge is -2.36. The Kier molecular flexibility index (Phi) is 5.13. The SMILES string of the molecule is CN(C)Cc1ccc(C2CCCCN2C(=O)c2cnc3c(c2)ncn3C)cc1. The number of carbonyl (C=O) groups excluding carboxylic acids is 1. The Morgan fingerprint density at radius 2 is 1.96 bits per heavy atom. The van der Waals surface area contributed by atoms with Gasteiger partial charge >= 0.3 is 0 Å². The van der Waals surface area contributed by atoms with Crippen molar-refractivity contribution >= 4 is 17.1 Å². The molecule has 1 fully saturated rings. The molecule has 0 spiro atoms. The van der Waals surface area contributed by atoms with Crippen LogP contribution in [0.5, 0.6) is 0 Å². The van der Waals surface area contributed by atoms with Crippen LogP contribution in [0.2, 0.25) is 0 Å². The van der Waals surface area contributed by atoms with Crippen molar-refractivity contribution in [1.82, 2.24) is 24.3 Å². The number of aryl methyl sites for hydroxylation is 1. The highest BCUT2D eigenvalue weighted by molar-refractivity contribution is 5.96. The number of piperidine rings is 1. The fraction of sp³-hybridized carbons (Fsp3) is 0.409. The summed E-state index contributed by atoms with van der Waals surface area (Å²) in [6.45, 7) is 1.70. The molecule has 0 N–H and O–H groups in total. The van der Waals surface area contributed by atoms with Gasteiger partial charge < -0.3 is 14.4 Å². The number of hydrogen-bond acceptors (Lipinski definition) is 4. The molecule has 1 aliphatic rings. The maximum atomic E-state index is 13.3. The van der Waals surface area contributed by atoms with Crippen LogP contribution in [0.3, 0.4) is 0 Å². The van der Waals surface area contributed by atoms with E-state index in [1.807, 2.05) is 22.6 Å². The third kappa shape index (κ3) is 3.64. The van der Waals surface area contributed by atoms with Crippen LogP contribution in [0.25, 0.3) is 11.2 Å². The molecular weight excluding hydrogens is 350 g/mol. The summed E-state index contributed by atoms with van der Waals surface area (Å²) in [7, 11) is 6.05. The zero-order valence-corrected chi connectivity index (χ0v) is 16.8. The molecule has 6 heteroatoms. The summed E-state index contributed by atoms with van der Waals surface area (Å²) in [5, 5.41) is 0. The lowest BCUT2D eigenvalue weighted by molar-refractivity contribution is 0.0611. The van der Waals surface area contributed by atoms with Gasteiger partial charge in [-0.05, 0) is 50.6 Å². The minimum absolute atomic E-state index is 0.0436. The zero-order valence-electron chi connectivity index (χ0n) is 16.8. The van der Waals surface area contributed by atoms with Gasteiger partial charge in [0, 0.05) is 26.3 Å². The highest BCUT2D eigenvalue weighted by Crippen LogP contribution is 2.32. The van der Waals surface area contributed by atoms with Crippen molar-refractivity contribution in [2.75, 3.05) is 20.6 Å². The Labute approximate surface area is 165 Å². The van der Waals surface area contributed by atoms with Crippen LogP contribution in [0.15, 0.2) is 42.9 Å². The summed E-state index contributed by atoms with van der Waals surface area (Å²) in [5.41, 5.74) is 4.66. The molecule has 0 radical (unpaired) electrons. The second kappa shape index (κ2) is 7.72. The van der Waals surface area contributed by atoms with Crippen molar-refractivity contribution < 1.29 is 4.79 Å². The first-order chi connectivity index (χ1) is 13.5. The first kappa shape index (κ1) is 18.6. The number of pyridine rings is 1. The molecule has 0 bridgehead atoms. The van der Waals surface area contributed by atoms with Crippen LogP contribution in [0.4, 0.5) is 0 Å². The van der Waals surface area contributed by atoms with E-state index in [4.69, 9.17) is 0 Å². The Morgan fingerprint density at radius 1 is 1.18 bits per heavy atom. The minimum atomic E-state index is 0.0436. The number of benzene rings is 1. The van der Waals surface area contributed by atoms with Gasteiger partial charge in [-0.1, -0.05) is 24.3 Å². The van der Waals surface area contributed by atoms with Gasteiger partial charge in [0.15, 0.2) is 5.65 Å². The van der Waals surface area contributed by atoms with Crippen molar-refractivity contribution in [3.8, 4) is 0 Å². The van der Waals surface area contributed by atoms with Crippen molar-refractivity contribution in [3.05, 3.63) is 59.5 Å². The third-order valence-corrected chi connectivity index (χ3v) is 5.43. The van der Waals surface area contributed by atoms with Crippen molar-refractivity contribution in [1.29, 1.82) is 0 Å². The van der Waals surface area contributed by atoms with E-state index in [1.54, 1.807) is 12.5 Å². The lowest BCUT2D eigenvalue weighted by atomic mass is 9.94. The fourth-order valence-electron chi connectivity index (χ4n) is 4.03. The second-order valence-corrected chi connectivity index (χ2v) is 7.91. The molecule has 1 atom stereocenters. The van der Waals surface area contributed by atoms with Gasteiger partial charge in [-0.2, -0.15) is 0 Å². The first-order valence-electron chi connectivity index (χ1n) is 9.84. The highest BCUT2D eigenvalue weighted by Gasteiger charge is 2.29. The van der Waals surface area contributed by atoms with E-state index in [1.165, 1.54) is 11.1 Å². The molecule has 3 aromatic rings. The lowest BCUT2D eigenvalue weighted by Crippen LogP contribution is -2.38. The summed E-state index contributed by atoms with van der Waals surface area (Å²) in [6.07, 6.45) is 6.59. The molecular formula is C22H27N5O. The van der Waals surface area contributed by atoms with E-state index in [9.17, 15) is 4.79 Å². The first-order valence-corrected chi connectivity index (χ1v) is 9.84. The number of amides is 1. The standard InChI is InChI=1S/C22H27N5O/c1-25(2)14-16-7-9-17(10-8-16)20-6-4-5-11-27(20)22(28)18-12-19-21(23-13-18)26(3)15-24-19/h7-10,12-13,15,20H,4-6,11,14H2,1-3H3. The highest BCUT2D eigenvalue weighted by atomic mass is 16.2. The van der Waals surface area contributed by atoms with Crippen LogP contribution < -0.4 is 0 Å². The predicted octanol–water partition coefficient (Wildman–Crippen LogP) is 3.40. The summed E-state index contributed by atoms with van der Waals surface area (Å²) in [5.74, 6) is 0.0436. The van der Waals surface area contributed by atoms with Gasteiger partial charge in [-0.3, -0.25) is 4.79 Å². The number of imidazole rings is 1. The second-order valence-electron chi connectivity index (χ2n) is 7.91. The van der Waals surface area contributed by atoms with Crippen LogP contribution >= 0.6 is 0 Å². The number of aromatic nitrogens is 3. The molecule has 4 rings (SSSR count). The average Bonchev–Trinajstić information content (AvgIpc) is 3.08. The summed E-state index contributed by atoms with van der Waals surface area (Å²) in [4.78, 5) is 26.2. The Balaban J connectivity index is 1.59. The van der Waals surface area contributed by atoms with Gasteiger partial charge in [-0.25, -0.2) is 9.97 Å². The van der Waals surface area contributed by atoms with Crippen LogP contribution in [-0.2, 0) is 13.6 Å². The maximum Gasteiger partial charge on any atom is 0.256 e. The van der Waals surface area contributed by atoms with Crippen molar-refractivity contribution in [2.24, 2.45) is 7.05 Å². The van der Waals surface area contributed by atoms with Gasteiger partial charge in [-0.15, -0.1) is 0 Å². The van der Waals surface area contributed by atoms with E-state index >= 15 is 0 Å². The van der Waals surface area contributed by atoms with Gasteiger partial charge in [0.2, 0.25) is 0 Å².